The molecule has 0 N–H and O–H groups in total. The molecule has 1 aliphatic rings. The number of hydrogen-bond donors (Lipinski definition) is 0. The largest absolute Gasteiger partial charge is 0.483 e. The molecule has 44 valence electrons. The summed E-state index contributed by atoms with van der Waals surface area (Å²) in [7, 11) is 0. The lowest BCUT2D eigenvalue weighted by atomic mass is 10.2. The van der Waals surface area contributed by atoms with Gasteiger partial charge in [-0.25, -0.2) is 0 Å². The van der Waals surface area contributed by atoms with Gasteiger partial charge < -0.3 is 4.74 Å². The zero-order valence-corrected chi connectivity index (χ0v) is 4.76. The second kappa shape index (κ2) is 1.99. The van der Waals surface area contributed by atoms with Gasteiger partial charge in [0.05, 0.1) is 0 Å². The molecule has 0 aromatic rings. The van der Waals surface area contributed by atoms with Crippen LogP contribution in [0.3, 0.4) is 0 Å². The molecule has 0 saturated carbocycles. The minimum Gasteiger partial charge on any atom is -0.483 e. The van der Waals surface area contributed by atoms with Crippen LogP contribution in [-0.4, -0.2) is 12.4 Å². The van der Waals surface area contributed by atoms with Crippen molar-refractivity contribution in [3.8, 4) is 0 Å². The topological polar surface area (TPSA) is 26.3 Å². The van der Waals surface area contributed by atoms with Gasteiger partial charge in [0, 0.05) is 6.08 Å². The Morgan fingerprint density at radius 1 is 2.00 bits per heavy atom. The number of carbonyl (C=O) groups is 1. The second-order valence-corrected chi connectivity index (χ2v) is 1.75. The van der Waals surface area contributed by atoms with Gasteiger partial charge in [0.2, 0.25) is 0 Å². The minimum absolute atomic E-state index is 0.204. The van der Waals surface area contributed by atoms with E-state index in [1.807, 2.05) is 13.0 Å². The standard InChI is InChI=1S/C6H8O2/c1-2-5-3-6(4-7)8-5/h3-5H,2H2,1H3. The maximum atomic E-state index is 9.86. The first-order valence-corrected chi connectivity index (χ1v) is 2.70. The van der Waals surface area contributed by atoms with E-state index in [2.05, 4.69) is 0 Å². The summed E-state index contributed by atoms with van der Waals surface area (Å²) in [6.45, 7) is 2.02. The van der Waals surface area contributed by atoms with Crippen LogP contribution in [0.1, 0.15) is 13.3 Å². The Kier molecular flexibility index (Phi) is 1.33. The van der Waals surface area contributed by atoms with Gasteiger partial charge in [0.1, 0.15) is 6.10 Å². The van der Waals surface area contributed by atoms with Crippen LogP contribution in [0.2, 0.25) is 0 Å². The number of ether oxygens (including phenoxy) is 1. The van der Waals surface area contributed by atoms with E-state index in [-0.39, 0.29) is 6.10 Å². The summed E-state index contributed by atoms with van der Waals surface area (Å²) in [5.74, 6) is 0.483. The zero-order valence-electron chi connectivity index (χ0n) is 4.76. The number of allylic oxidation sites excluding steroid dienone is 1. The van der Waals surface area contributed by atoms with Gasteiger partial charge in [0.15, 0.2) is 12.0 Å². The molecule has 0 aromatic carbocycles. The summed E-state index contributed by atoms with van der Waals surface area (Å²) >= 11 is 0. The Balaban J connectivity index is 2.37. The zero-order chi connectivity index (χ0) is 5.98. The van der Waals surface area contributed by atoms with Gasteiger partial charge in [-0.05, 0) is 6.42 Å². The fraction of sp³-hybridized carbons (Fsp3) is 0.500. The van der Waals surface area contributed by atoms with E-state index in [0.29, 0.717) is 5.76 Å². The summed E-state index contributed by atoms with van der Waals surface area (Å²) < 4.78 is 4.93. The fourth-order valence-corrected chi connectivity index (χ4v) is 0.627. The van der Waals surface area contributed by atoms with Crippen molar-refractivity contribution >= 4 is 6.29 Å². The predicted molar refractivity (Wildman–Crippen MR) is 29.3 cm³/mol. The van der Waals surface area contributed by atoms with Crippen molar-refractivity contribution in [1.82, 2.24) is 0 Å². The lowest BCUT2D eigenvalue weighted by Crippen LogP contribution is -2.19. The molecule has 1 heterocycles. The number of hydrogen-bond acceptors (Lipinski definition) is 2. The Hall–Kier alpha value is -0.790. The normalized spacial score (nSPS) is 25.1. The van der Waals surface area contributed by atoms with E-state index < -0.39 is 0 Å². The molecule has 0 aliphatic carbocycles. The van der Waals surface area contributed by atoms with Crippen molar-refractivity contribution in [2.45, 2.75) is 19.4 Å². The highest BCUT2D eigenvalue weighted by Gasteiger charge is 2.16. The Morgan fingerprint density at radius 3 is 3.00 bits per heavy atom. The summed E-state index contributed by atoms with van der Waals surface area (Å²) in [5, 5.41) is 0. The Morgan fingerprint density at radius 2 is 2.62 bits per heavy atom. The van der Waals surface area contributed by atoms with E-state index in [4.69, 9.17) is 4.74 Å². The molecular weight excluding hydrogens is 104 g/mol. The summed E-state index contributed by atoms with van der Waals surface area (Å²) in [6.07, 6.45) is 3.71. The van der Waals surface area contributed by atoms with Crippen LogP contribution in [-0.2, 0) is 9.53 Å². The average molecular weight is 112 g/mol. The SMILES string of the molecule is CCC1C=C(C=O)O1. The van der Waals surface area contributed by atoms with Crippen molar-refractivity contribution < 1.29 is 9.53 Å². The molecule has 1 unspecified atom stereocenters. The van der Waals surface area contributed by atoms with Crippen LogP contribution in [0.15, 0.2) is 11.8 Å². The summed E-state index contributed by atoms with van der Waals surface area (Å²) in [4.78, 5) is 9.86. The lowest BCUT2D eigenvalue weighted by Gasteiger charge is -2.21. The third kappa shape index (κ3) is 0.735. The molecule has 1 atom stereocenters. The van der Waals surface area contributed by atoms with E-state index in [9.17, 15) is 4.79 Å². The molecule has 0 fully saturated rings. The molecule has 0 spiro atoms. The highest BCUT2D eigenvalue weighted by molar-refractivity contribution is 5.72. The maximum absolute atomic E-state index is 9.86. The van der Waals surface area contributed by atoms with E-state index in [1.165, 1.54) is 0 Å². The fourth-order valence-electron chi connectivity index (χ4n) is 0.627. The molecule has 0 radical (unpaired) electrons. The molecule has 8 heavy (non-hydrogen) atoms. The minimum atomic E-state index is 0.204. The first kappa shape index (κ1) is 5.35. The van der Waals surface area contributed by atoms with E-state index >= 15 is 0 Å². The quantitative estimate of drug-likeness (QED) is 0.495. The number of rotatable bonds is 2. The summed E-state index contributed by atoms with van der Waals surface area (Å²) in [6, 6.07) is 0. The molecule has 0 bridgehead atoms. The molecule has 0 amide bonds. The van der Waals surface area contributed by atoms with Gasteiger partial charge >= 0.3 is 0 Å². The van der Waals surface area contributed by atoms with Crippen LogP contribution in [0.25, 0.3) is 0 Å². The molecule has 2 heteroatoms. The number of carbonyl (C=O) groups excluding carboxylic acids is 1. The van der Waals surface area contributed by atoms with Crippen LogP contribution >= 0.6 is 0 Å². The molecule has 1 rings (SSSR count). The van der Waals surface area contributed by atoms with Gasteiger partial charge in [-0.1, -0.05) is 6.92 Å². The second-order valence-electron chi connectivity index (χ2n) is 1.75. The molecule has 1 aliphatic heterocycles. The monoisotopic (exact) mass is 112 g/mol. The van der Waals surface area contributed by atoms with Crippen molar-refractivity contribution in [3.05, 3.63) is 11.8 Å². The van der Waals surface area contributed by atoms with E-state index in [1.54, 1.807) is 0 Å². The molecule has 2 nitrogen and oxygen atoms in total. The van der Waals surface area contributed by atoms with Crippen LogP contribution in [0.5, 0.6) is 0 Å². The van der Waals surface area contributed by atoms with Gasteiger partial charge in [-0.15, -0.1) is 0 Å². The van der Waals surface area contributed by atoms with Crippen LogP contribution in [0, 0.1) is 0 Å². The van der Waals surface area contributed by atoms with Crippen molar-refractivity contribution in [2.75, 3.05) is 0 Å². The molecular formula is C6H8O2. The third-order valence-corrected chi connectivity index (χ3v) is 1.16. The average Bonchev–Trinajstić information content (AvgIpc) is 1.65. The molecule has 0 aromatic heterocycles. The third-order valence-electron chi connectivity index (χ3n) is 1.16. The van der Waals surface area contributed by atoms with Crippen molar-refractivity contribution in [1.29, 1.82) is 0 Å². The van der Waals surface area contributed by atoms with Crippen molar-refractivity contribution in [2.24, 2.45) is 0 Å². The highest BCUT2D eigenvalue weighted by atomic mass is 16.5. The highest BCUT2D eigenvalue weighted by Crippen LogP contribution is 2.16. The lowest BCUT2D eigenvalue weighted by molar-refractivity contribution is -0.110. The number of aldehydes is 1. The predicted octanol–water partition coefficient (Wildman–Crippen LogP) is 0.878. The smallest absolute Gasteiger partial charge is 0.184 e. The maximum Gasteiger partial charge on any atom is 0.184 e. The summed E-state index contributed by atoms with van der Waals surface area (Å²) in [5.41, 5.74) is 0. The first-order valence-electron chi connectivity index (χ1n) is 2.70. The Labute approximate surface area is 48.1 Å². The van der Waals surface area contributed by atoms with Gasteiger partial charge in [-0.2, -0.15) is 0 Å². The molecule has 0 saturated heterocycles. The van der Waals surface area contributed by atoms with Crippen molar-refractivity contribution in [3.63, 3.8) is 0 Å². The van der Waals surface area contributed by atoms with Gasteiger partial charge in [-0.3, -0.25) is 4.79 Å². The van der Waals surface area contributed by atoms with Crippen LogP contribution in [0.4, 0.5) is 0 Å². The Bertz CT molecular complexity index is 126. The first-order chi connectivity index (χ1) is 3.86. The van der Waals surface area contributed by atoms with E-state index in [0.717, 1.165) is 12.7 Å². The van der Waals surface area contributed by atoms with Gasteiger partial charge in [0.25, 0.3) is 0 Å². The van der Waals surface area contributed by atoms with Crippen LogP contribution < -0.4 is 0 Å².